The maximum absolute atomic E-state index is 2.50. The SMILES string of the molecule is CCCC(CCC(C)C)C(C)C(C)C(C)CC. The zero-order chi connectivity index (χ0) is 13.4. The molecule has 0 amide bonds. The van der Waals surface area contributed by atoms with Gasteiger partial charge in [-0.05, 0) is 36.0 Å². The fourth-order valence-electron chi connectivity index (χ4n) is 2.91. The van der Waals surface area contributed by atoms with Crippen molar-refractivity contribution in [1.82, 2.24) is 0 Å². The summed E-state index contributed by atoms with van der Waals surface area (Å²) in [5.41, 5.74) is 0. The molecule has 0 saturated carbocycles. The van der Waals surface area contributed by atoms with Gasteiger partial charge in [-0.1, -0.05) is 74.1 Å². The molecular weight excluding hydrogens is 204 g/mol. The zero-order valence-electron chi connectivity index (χ0n) is 13.4. The van der Waals surface area contributed by atoms with Crippen LogP contribution in [0.1, 0.15) is 80.6 Å². The van der Waals surface area contributed by atoms with Crippen molar-refractivity contribution in [2.45, 2.75) is 80.6 Å². The van der Waals surface area contributed by atoms with Crippen molar-refractivity contribution in [2.24, 2.45) is 29.6 Å². The lowest BCUT2D eigenvalue weighted by molar-refractivity contribution is 0.174. The Morgan fingerprint density at radius 2 is 1.29 bits per heavy atom. The molecular formula is C17H36. The molecule has 0 aliphatic carbocycles. The Labute approximate surface area is 111 Å². The minimum absolute atomic E-state index is 0.862. The molecule has 0 spiro atoms. The molecule has 0 rings (SSSR count). The lowest BCUT2D eigenvalue weighted by atomic mass is 9.73. The average Bonchev–Trinajstić information content (AvgIpc) is 2.31. The third-order valence-electron chi connectivity index (χ3n) is 4.89. The molecule has 0 N–H and O–H groups in total. The van der Waals surface area contributed by atoms with Crippen LogP contribution in [0.15, 0.2) is 0 Å². The molecule has 0 aromatic carbocycles. The van der Waals surface area contributed by atoms with Gasteiger partial charge in [-0.25, -0.2) is 0 Å². The highest BCUT2D eigenvalue weighted by Gasteiger charge is 2.25. The van der Waals surface area contributed by atoms with E-state index >= 15 is 0 Å². The van der Waals surface area contributed by atoms with E-state index in [2.05, 4.69) is 48.5 Å². The van der Waals surface area contributed by atoms with E-state index in [9.17, 15) is 0 Å². The number of hydrogen-bond acceptors (Lipinski definition) is 0. The van der Waals surface area contributed by atoms with Crippen molar-refractivity contribution < 1.29 is 0 Å². The van der Waals surface area contributed by atoms with E-state index in [-0.39, 0.29) is 0 Å². The maximum Gasteiger partial charge on any atom is -0.0386 e. The quantitative estimate of drug-likeness (QED) is 0.453. The Kier molecular flexibility index (Phi) is 9.00. The van der Waals surface area contributed by atoms with E-state index in [4.69, 9.17) is 0 Å². The Morgan fingerprint density at radius 3 is 1.71 bits per heavy atom. The Hall–Kier alpha value is 0. The van der Waals surface area contributed by atoms with E-state index in [1.54, 1.807) is 0 Å². The van der Waals surface area contributed by atoms with Gasteiger partial charge in [-0.15, -0.1) is 0 Å². The lowest BCUT2D eigenvalue weighted by Crippen LogP contribution is -2.24. The third-order valence-corrected chi connectivity index (χ3v) is 4.89. The Morgan fingerprint density at radius 1 is 0.706 bits per heavy atom. The summed E-state index contributed by atoms with van der Waals surface area (Å²) < 4.78 is 0. The van der Waals surface area contributed by atoms with Gasteiger partial charge in [0.15, 0.2) is 0 Å². The second-order valence-electron chi connectivity index (χ2n) is 6.62. The predicted octanol–water partition coefficient (Wildman–Crippen LogP) is 6.16. The monoisotopic (exact) mass is 240 g/mol. The van der Waals surface area contributed by atoms with Gasteiger partial charge in [0.05, 0.1) is 0 Å². The smallest absolute Gasteiger partial charge is 0.0386 e. The van der Waals surface area contributed by atoms with Crippen LogP contribution in [0.3, 0.4) is 0 Å². The molecule has 0 fully saturated rings. The summed E-state index contributed by atoms with van der Waals surface area (Å²) in [7, 11) is 0. The molecule has 0 bridgehead atoms. The van der Waals surface area contributed by atoms with Crippen LogP contribution in [-0.4, -0.2) is 0 Å². The van der Waals surface area contributed by atoms with Crippen LogP contribution in [-0.2, 0) is 0 Å². The van der Waals surface area contributed by atoms with Gasteiger partial charge >= 0.3 is 0 Å². The summed E-state index contributed by atoms with van der Waals surface area (Å²) in [5, 5.41) is 0. The fourth-order valence-corrected chi connectivity index (χ4v) is 2.91. The highest BCUT2D eigenvalue weighted by molar-refractivity contribution is 4.75. The minimum Gasteiger partial charge on any atom is -0.0654 e. The van der Waals surface area contributed by atoms with Crippen molar-refractivity contribution in [3.05, 3.63) is 0 Å². The highest BCUT2D eigenvalue weighted by atomic mass is 14.3. The second kappa shape index (κ2) is 9.00. The zero-order valence-corrected chi connectivity index (χ0v) is 13.4. The maximum atomic E-state index is 2.50. The Bertz CT molecular complexity index is 171. The topological polar surface area (TPSA) is 0 Å². The summed E-state index contributed by atoms with van der Waals surface area (Å²) in [6, 6.07) is 0. The van der Waals surface area contributed by atoms with Crippen LogP contribution >= 0.6 is 0 Å². The largest absolute Gasteiger partial charge is 0.0654 e. The molecule has 4 unspecified atom stereocenters. The molecule has 17 heavy (non-hydrogen) atoms. The van der Waals surface area contributed by atoms with Crippen molar-refractivity contribution >= 4 is 0 Å². The lowest BCUT2D eigenvalue weighted by Gasteiger charge is -2.32. The summed E-state index contributed by atoms with van der Waals surface area (Å²) in [6.07, 6.45) is 6.94. The summed E-state index contributed by atoms with van der Waals surface area (Å²) >= 11 is 0. The van der Waals surface area contributed by atoms with Crippen LogP contribution in [0, 0.1) is 29.6 Å². The van der Waals surface area contributed by atoms with Crippen molar-refractivity contribution in [3.8, 4) is 0 Å². The van der Waals surface area contributed by atoms with Crippen LogP contribution in [0.5, 0.6) is 0 Å². The highest BCUT2D eigenvalue weighted by Crippen LogP contribution is 2.34. The molecule has 4 atom stereocenters. The number of rotatable bonds is 9. The Balaban J connectivity index is 4.35. The van der Waals surface area contributed by atoms with Gasteiger partial charge in [-0.3, -0.25) is 0 Å². The first-order chi connectivity index (χ1) is 7.93. The molecule has 0 nitrogen and oxygen atoms in total. The van der Waals surface area contributed by atoms with Crippen LogP contribution in [0.2, 0.25) is 0 Å². The molecule has 0 aromatic heterocycles. The van der Waals surface area contributed by atoms with E-state index in [1.807, 2.05) is 0 Å². The van der Waals surface area contributed by atoms with Gasteiger partial charge in [-0.2, -0.15) is 0 Å². The van der Waals surface area contributed by atoms with Gasteiger partial charge in [0.25, 0.3) is 0 Å². The molecule has 0 aromatic rings. The van der Waals surface area contributed by atoms with E-state index in [0.29, 0.717) is 0 Å². The van der Waals surface area contributed by atoms with E-state index in [1.165, 1.54) is 32.1 Å². The van der Waals surface area contributed by atoms with Gasteiger partial charge < -0.3 is 0 Å². The average molecular weight is 240 g/mol. The molecule has 0 saturated heterocycles. The van der Waals surface area contributed by atoms with Crippen LogP contribution in [0.25, 0.3) is 0 Å². The van der Waals surface area contributed by atoms with Gasteiger partial charge in [0, 0.05) is 0 Å². The summed E-state index contributed by atoms with van der Waals surface area (Å²) in [4.78, 5) is 0. The van der Waals surface area contributed by atoms with Gasteiger partial charge in [0.2, 0.25) is 0 Å². The van der Waals surface area contributed by atoms with Crippen molar-refractivity contribution in [3.63, 3.8) is 0 Å². The van der Waals surface area contributed by atoms with Crippen molar-refractivity contribution in [1.29, 1.82) is 0 Å². The molecule has 0 heteroatoms. The molecule has 0 aliphatic rings. The molecule has 0 radical (unpaired) electrons. The minimum atomic E-state index is 0.862. The summed E-state index contributed by atoms with van der Waals surface area (Å²) in [6.45, 7) is 16.8. The van der Waals surface area contributed by atoms with Crippen LogP contribution < -0.4 is 0 Å². The normalized spacial score (nSPS) is 19.1. The second-order valence-corrected chi connectivity index (χ2v) is 6.62. The first-order valence-corrected chi connectivity index (χ1v) is 7.93. The standard InChI is InChI=1S/C17H36/c1-8-10-17(12-11-13(3)4)16(7)15(6)14(5)9-2/h13-17H,8-12H2,1-7H3. The fraction of sp³-hybridized carbons (Fsp3) is 1.00. The molecule has 0 heterocycles. The first-order valence-electron chi connectivity index (χ1n) is 7.93. The first kappa shape index (κ1) is 17.0. The van der Waals surface area contributed by atoms with E-state index < -0.39 is 0 Å². The van der Waals surface area contributed by atoms with Gasteiger partial charge in [0.1, 0.15) is 0 Å². The summed E-state index contributed by atoms with van der Waals surface area (Å²) in [5.74, 6) is 4.46. The van der Waals surface area contributed by atoms with Crippen molar-refractivity contribution in [2.75, 3.05) is 0 Å². The third kappa shape index (κ3) is 6.48. The predicted molar refractivity (Wildman–Crippen MR) is 80.3 cm³/mol. The van der Waals surface area contributed by atoms with Crippen LogP contribution in [0.4, 0.5) is 0 Å². The van der Waals surface area contributed by atoms with E-state index in [0.717, 1.165) is 29.6 Å². The number of hydrogen-bond donors (Lipinski definition) is 0. The molecule has 104 valence electrons. The molecule has 0 aliphatic heterocycles.